The second-order valence-electron chi connectivity index (χ2n) is 3.35. The molecule has 1 nitrogen and oxygen atoms in total. The maximum atomic E-state index is 13.3. The lowest BCUT2D eigenvalue weighted by Gasteiger charge is -2.28. The first-order valence-corrected chi connectivity index (χ1v) is 5.39. The van der Waals surface area contributed by atoms with Crippen molar-refractivity contribution in [2.24, 2.45) is 5.73 Å². The van der Waals surface area contributed by atoms with Crippen LogP contribution in [0.2, 0.25) is 0 Å². The maximum absolute atomic E-state index is 13.3. The molecule has 1 heterocycles. The van der Waals surface area contributed by atoms with Crippen molar-refractivity contribution in [3.05, 3.63) is 35.1 Å². The Kier molecular flexibility index (Phi) is 2.30. The number of fused-ring (bicyclic) bond motifs is 1. The molecule has 70 valence electrons. The minimum absolute atomic E-state index is 0.0237. The number of hydrogen-bond donors (Lipinski definition) is 1. The monoisotopic (exact) mass is 197 g/mol. The summed E-state index contributed by atoms with van der Waals surface area (Å²) in [7, 11) is 0. The molecular weight excluding hydrogens is 185 g/mol. The maximum Gasteiger partial charge on any atom is 0.127 e. The van der Waals surface area contributed by atoms with Gasteiger partial charge in [-0.15, -0.1) is 0 Å². The number of thioether (sulfide) groups is 1. The van der Waals surface area contributed by atoms with Gasteiger partial charge in [-0.1, -0.05) is 19.1 Å². The van der Waals surface area contributed by atoms with E-state index in [0.717, 1.165) is 16.9 Å². The first-order valence-electron chi connectivity index (χ1n) is 4.34. The van der Waals surface area contributed by atoms with Gasteiger partial charge in [0, 0.05) is 22.6 Å². The Morgan fingerprint density at radius 1 is 1.54 bits per heavy atom. The predicted molar refractivity (Wildman–Crippen MR) is 54.1 cm³/mol. The molecule has 0 saturated heterocycles. The molecule has 2 atom stereocenters. The van der Waals surface area contributed by atoms with E-state index in [2.05, 4.69) is 6.92 Å². The summed E-state index contributed by atoms with van der Waals surface area (Å²) in [6.45, 7) is 2.09. The van der Waals surface area contributed by atoms with E-state index in [1.54, 1.807) is 17.8 Å². The van der Waals surface area contributed by atoms with Gasteiger partial charge in [0.05, 0.1) is 0 Å². The average molecular weight is 197 g/mol. The van der Waals surface area contributed by atoms with E-state index in [0.29, 0.717) is 5.25 Å². The molecule has 1 aliphatic heterocycles. The van der Waals surface area contributed by atoms with Crippen LogP contribution in [-0.4, -0.2) is 5.25 Å². The van der Waals surface area contributed by atoms with Gasteiger partial charge in [-0.25, -0.2) is 4.39 Å². The number of nitrogens with two attached hydrogens (primary N) is 1. The van der Waals surface area contributed by atoms with E-state index in [-0.39, 0.29) is 11.9 Å². The highest BCUT2D eigenvalue weighted by molar-refractivity contribution is 7.99. The van der Waals surface area contributed by atoms with Crippen molar-refractivity contribution in [2.45, 2.75) is 24.0 Å². The third kappa shape index (κ3) is 1.46. The minimum Gasteiger partial charge on any atom is -0.323 e. The summed E-state index contributed by atoms with van der Waals surface area (Å²) in [5, 5.41) is 0.384. The summed E-state index contributed by atoms with van der Waals surface area (Å²) in [6, 6.07) is 5.14. The van der Waals surface area contributed by atoms with Crippen LogP contribution in [0.3, 0.4) is 0 Å². The van der Waals surface area contributed by atoms with Crippen molar-refractivity contribution in [3.8, 4) is 0 Å². The van der Waals surface area contributed by atoms with E-state index in [9.17, 15) is 4.39 Å². The van der Waals surface area contributed by atoms with Crippen molar-refractivity contribution in [3.63, 3.8) is 0 Å². The molecule has 2 unspecified atom stereocenters. The zero-order chi connectivity index (χ0) is 9.42. The summed E-state index contributed by atoms with van der Waals surface area (Å²) in [6.07, 6.45) is 0. The zero-order valence-electron chi connectivity index (χ0n) is 7.46. The molecule has 0 spiro atoms. The van der Waals surface area contributed by atoms with Gasteiger partial charge in [0.25, 0.3) is 0 Å². The van der Waals surface area contributed by atoms with Gasteiger partial charge in [0.15, 0.2) is 0 Å². The van der Waals surface area contributed by atoms with Crippen LogP contribution in [0, 0.1) is 5.82 Å². The summed E-state index contributed by atoms with van der Waals surface area (Å²) in [5.41, 5.74) is 7.74. The second-order valence-corrected chi connectivity index (χ2v) is 4.72. The molecule has 0 bridgehead atoms. The molecule has 0 amide bonds. The van der Waals surface area contributed by atoms with Gasteiger partial charge in [0.2, 0.25) is 0 Å². The second kappa shape index (κ2) is 3.31. The van der Waals surface area contributed by atoms with Crippen LogP contribution in [0.15, 0.2) is 18.2 Å². The highest BCUT2D eigenvalue weighted by Gasteiger charge is 2.25. The van der Waals surface area contributed by atoms with E-state index in [1.807, 2.05) is 6.07 Å². The molecule has 0 aliphatic carbocycles. The normalized spacial score (nSPS) is 27.0. The Labute approximate surface area is 81.5 Å². The lowest BCUT2D eigenvalue weighted by atomic mass is 9.99. The van der Waals surface area contributed by atoms with Gasteiger partial charge in [-0.05, 0) is 11.6 Å². The van der Waals surface area contributed by atoms with Crippen LogP contribution < -0.4 is 5.73 Å². The van der Waals surface area contributed by atoms with Crippen LogP contribution >= 0.6 is 11.8 Å². The summed E-state index contributed by atoms with van der Waals surface area (Å²) < 4.78 is 13.3. The lowest BCUT2D eigenvalue weighted by molar-refractivity contribution is 0.600. The molecule has 0 aromatic heterocycles. The average Bonchev–Trinajstić information content (AvgIpc) is 2.12. The molecule has 0 radical (unpaired) electrons. The Morgan fingerprint density at radius 2 is 2.31 bits per heavy atom. The fourth-order valence-corrected chi connectivity index (χ4v) is 2.70. The third-order valence-electron chi connectivity index (χ3n) is 2.51. The summed E-state index contributed by atoms with van der Waals surface area (Å²) >= 11 is 1.72. The first kappa shape index (κ1) is 9.03. The zero-order valence-corrected chi connectivity index (χ0v) is 8.27. The van der Waals surface area contributed by atoms with Crippen molar-refractivity contribution in [1.82, 2.24) is 0 Å². The van der Waals surface area contributed by atoms with E-state index < -0.39 is 0 Å². The van der Waals surface area contributed by atoms with Crippen molar-refractivity contribution >= 4 is 11.8 Å². The molecule has 13 heavy (non-hydrogen) atoms. The Bertz CT molecular complexity index is 327. The molecule has 3 heteroatoms. The Hall–Kier alpha value is -0.540. The minimum atomic E-state index is -0.118. The fourth-order valence-electron chi connectivity index (χ4n) is 1.61. The number of rotatable bonds is 0. The Morgan fingerprint density at radius 3 is 3.08 bits per heavy atom. The van der Waals surface area contributed by atoms with Gasteiger partial charge >= 0.3 is 0 Å². The van der Waals surface area contributed by atoms with Gasteiger partial charge in [0.1, 0.15) is 5.82 Å². The van der Waals surface area contributed by atoms with Gasteiger partial charge in [-0.3, -0.25) is 0 Å². The van der Waals surface area contributed by atoms with Crippen LogP contribution in [0.4, 0.5) is 4.39 Å². The van der Waals surface area contributed by atoms with Crippen LogP contribution in [0.5, 0.6) is 0 Å². The fraction of sp³-hybridized carbons (Fsp3) is 0.400. The quantitative estimate of drug-likeness (QED) is 0.691. The number of benzene rings is 1. The molecule has 1 aromatic carbocycles. The number of hydrogen-bond acceptors (Lipinski definition) is 2. The standard InChI is InChI=1S/C10H12FNS/c1-6-10(12)7-3-2-4-9(11)8(7)5-13-6/h2-4,6,10H,5,12H2,1H3. The topological polar surface area (TPSA) is 26.0 Å². The van der Waals surface area contributed by atoms with Crippen molar-refractivity contribution in [1.29, 1.82) is 0 Å². The highest BCUT2D eigenvalue weighted by Crippen LogP contribution is 2.36. The molecule has 2 rings (SSSR count). The smallest absolute Gasteiger partial charge is 0.127 e. The first-order chi connectivity index (χ1) is 6.20. The number of halogens is 1. The highest BCUT2D eigenvalue weighted by atomic mass is 32.2. The molecule has 1 aromatic rings. The van der Waals surface area contributed by atoms with Crippen LogP contribution in [0.1, 0.15) is 24.1 Å². The molecule has 0 fully saturated rings. The van der Waals surface area contributed by atoms with Gasteiger partial charge < -0.3 is 5.73 Å². The SMILES string of the molecule is CC1SCc2c(F)cccc2C1N. The van der Waals surface area contributed by atoms with E-state index >= 15 is 0 Å². The Balaban J connectivity index is 2.49. The van der Waals surface area contributed by atoms with Crippen molar-refractivity contribution in [2.75, 3.05) is 0 Å². The lowest BCUT2D eigenvalue weighted by Crippen LogP contribution is -2.26. The predicted octanol–water partition coefficient (Wildman–Crippen LogP) is 2.46. The summed E-state index contributed by atoms with van der Waals surface area (Å²) in [5.74, 6) is 0.629. The molecule has 1 aliphatic rings. The summed E-state index contributed by atoms with van der Waals surface area (Å²) in [4.78, 5) is 0. The van der Waals surface area contributed by atoms with Gasteiger partial charge in [-0.2, -0.15) is 11.8 Å². The third-order valence-corrected chi connectivity index (χ3v) is 3.78. The molecule has 0 saturated carbocycles. The van der Waals surface area contributed by atoms with Crippen LogP contribution in [0.25, 0.3) is 0 Å². The van der Waals surface area contributed by atoms with Crippen molar-refractivity contribution < 1.29 is 4.39 Å². The molecule has 2 N–H and O–H groups in total. The van der Waals surface area contributed by atoms with E-state index in [1.165, 1.54) is 6.07 Å². The van der Waals surface area contributed by atoms with E-state index in [4.69, 9.17) is 5.73 Å². The largest absolute Gasteiger partial charge is 0.323 e. The molecular formula is C10H12FNS. The van der Waals surface area contributed by atoms with Crippen LogP contribution in [-0.2, 0) is 5.75 Å².